The van der Waals surface area contributed by atoms with Gasteiger partial charge in [0.15, 0.2) is 0 Å². The number of β-amino-alcohol motifs (C(OH)–C–C–N with tert-alkyl or cyclic N) is 1. The van der Waals surface area contributed by atoms with Gasteiger partial charge in [0.1, 0.15) is 0 Å². The van der Waals surface area contributed by atoms with Gasteiger partial charge in [-0.25, -0.2) is 0 Å². The molecule has 0 aromatic heterocycles. The molecule has 2 saturated heterocycles. The number of fused-ring (bicyclic) bond motifs is 2. The maximum absolute atomic E-state index is 13.2. The van der Waals surface area contributed by atoms with Crippen molar-refractivity contribution >= 4 is 17.7 Å². The first-order valence-corrected chi connectivity index (χ1v) is 13.8. The number of hydrogen-bond donors (Lipinski definition) is 2. The highest BCUT2D eigenvalue weighted by molar-refractivity contribution is 6.00. The third-order valence-electron chi connectivity index (χ3n) is 8.94. The van der Waals surface area contributed by atoms with Gasteiger partial charge in [-0.1, -0.05) is 24.3 Å². The Hall–Kier alpha value is -3.23. The minimum Gasteiger partial charge on any atom is -0.390 e. The molecule has 2 aromatic carbocycles. The number of likely N-dealkylation sites (tertiary alicyclic amines) is 1. The molecule has 4 heterocycles. The lowest BCUT2D eigenvalue weighted by Gasteiger charge is -2.38. The highest BCUT2D eigenvalue weighted by atomic mass is 16.3. The summed E-state index contributed by atoms with van der Waals surface area (Å²) in [5.74, 6) is 0.0305. The van der Waals surface area contributed by atoms with E-state index in [0.29, 0.717) is 63.2 Å². The molecule has 6 rings (SSSR count). The summed E-state index contributed by atoms with van der Waals surface area (Å²) in [7, 11) is 0. The van der Waals surface area contributed by atoms with Crippen LogP contribution in [-0.4, -0.2) is 89.4 Å². The summed E-state index contributed by atoms with van der Waals surface area (Å²) in [6.07, 6.45) is 3.27. The first-order valence-electron chi connectivity index (χ1n) is 13.8. The molecule has 0 bridgehead atoms. The summed E-state index contributed by atoms with van der Waals surface area (Å²) >= 11 is 0. The molecule has 1 atom stereocenters. The molecule has 1 spiro atoms. The predicted octanol–water partition coefficient (Wildman–Crippen LogP) is 1.85. The van der Waals surface area contributed by atoms with Crippen LogP contribution >= 0.6 is 0 Å². The lowest BCUT2D eigenvalue weighted by Crippen LogP contribution is -2.46. The van der Waals surface area contributed by atoms with E-state index < -0.39 is 6.10 Å². The average Bonchev–Trinajstić information content (AvgIpc) is 3.29. The second-order valence-corrected chi connectivity index (χ2v) is 11.5. The van der Waals surface area contributed by atoms with Gasteiger partial charge in [-0.05, 0) is 66.0 Å². The Morgan fingerprint density at radius 1 is 0.947 bits per heavy atom. The van der Waals surface area contributed by atoms with E-state index in [0.717, 1.165) is 37.9 Å². The second kappa shape index (κ2) is 10.2. The van der Waals surface area contributed by atoms with Crippen LogP contribution in [-0.2, 0) is 24.2 Å². The molecule has 0 radical (unpaired) electrons. The van der Waals surface area contributed by atoms with Crippen LogP contribution in [0.25, 0.3) is 0 Å². The van der Waals surface area contributed by atoms with Crippen molar-refractivity contribution in [3.05, 3.63) is 70.3 Å². The van der Waals surface area contributed by atoms with Gasteiger partial charge in [0.05, 0.1) is 6.10 Å². The van der Waals surface area contributed by atoms with Crippen molar-refractivity contribution in [3.8, 4) is 0 Å². The van der Waals surface area contributed by atoms with Crippen molar-refractivity contribution < 1.29 is 19.5 Å². The van der Waals surface area contributed by atoms with Crippen LogP contribution < -0.4 is 5.32 Å². The number of carbonyl (C=O) groups is 3. The van der Waals surface area contributed by atoms with Crippen molar-refractivity contribution in [2.75, 3.05) is 45.8 Å². The van der Waals surface area contributed by atoms with E-state index in [9.17, 15) is 19.5 Å². The van der Waals surface area contributed by atoms with Gasteiger partial charge in [-0.3, -0.25) is 19.3 Å². The molecule has 8 heteroatoms. The minimum absolute atomic E-state index is 0.00263. The highest BCUT2D eigenvalue weighted by Gasteiger charge is 2.41. The van der Waals surface area contributed by atoms with E-state index in [1.54, 1.807) is 17.0 Å². The Morgan fingerprint density at radius 3 is 2.47 bits per heavy atom. The summed E-state index contributed by atoms with van der Waals surface area (Å²) in [5, 5.41) is 13.7. The number of benzene rings is 2. The predicted molar refractivity (Wildman–Crippen MR) is 143 cm³/mol. The number of aliphatic hydroxyl groups excluding tert-OH is 1. The molecule has 200 valence electrons. The van der Waals surface area contributed by atoms with Crippen LogP contribution in [0, 0.1) is 5.41 Å². The summed E-state index contributed by atoms with van der Waals surface area (Å²) in [5.41, 5.74) is 4.84. The lowest BCUT2D eigenvalue weighted by atomic mass is 9.77. The van der Waals surface area contributed by atoms with Crippen molar-refractivity contribution in [1.29, 1.82) is 0 Å². The summed E-state index contributed by atoms with van der Waals surface area (Å²) in [6.45, 7) is 5.14. The zero-order chi connectivity index (χ0) is 26.3. The van der Waals surface area contributed by atoms with Crippen LogP contribution in [0.4, 0.5) is 0 Å². The number of piperidine rings is 1. The van der Waals surface area contributed by atoms with E-state index >= 15 is 0 Å². The molecular weight excluding hydrogens is 480 g/mol. The molecule has 4 aliphatic heterocycles. The van der Waals surface area contributed by atoms with Crippen molar-refractivity contribution in [3.63, 3.8) is 0 Å². The Kier molecular flexibility index (Phi) is 6.70. The van der Waals surface area contributed by atoms with Gasteiger partial charge in [-0.15, -0.1) is 0 Å². The first kappa shape index (κ1) is 25.1. The van der Waals surface area contributed by atoms with E-state index in [4.69, 9.17) is 0 Å². The van der Waals surface area contributed by atoms with Crippen molar-refractivity contribution in [2.24, 2.45) is 5.41 Å². The van der Waals surface area contributed by atoms with Crippen LogP contribution in [0.5, 0.6) is 0 Å². The fourth-order valence-electron chi connectivity index (χ4n) is 6.64. The molecule has 2 aromatic rings. The van der Waals surface area contributed by atoms with Gasteiger partial charge in [-0.2, -0.15) is 0 Å². The number of nitrogens with zero attached hydrogens (tertiary/aromatic N) is 3. The average molecular weight is 517 g/mol. The fraction of sp³-hybridized carbons (Fsp3) is 0.500. The molecule has 38 heavy (non-hydrogen) atoms. The summed E-state index contributed by atoms with van der Waals surface area (Å²) < 4.78 is 0. The monoisotopic (exact) mass is 516 g/mol. The molecule has 0 aliphatic carbocycles. The van der Waals surface area contributed by atoms with Gasteiger partial charge in [0.2, 0.25) is 5.91 Å². The van der Waals surface area contributed by atoms with Gasteiger partial charge in [0.25, 0.3) is 11.8 Å². The SMILES string of the molecule is O=C1CC2(CCN(C(=O)c3ccc4c(c3)CCN(CC(O)CN3CCc5ccccc5C3)C4=O)CC2)CN1. The molecular formula is C30H36N4O4. The van der Waals surface area contributed by atoms with Crippen molar-refractivity contribution in [2.45, 2.75) is 44.8 Å². The molecule has 0 saturated carbocycles. The number of amides is 3. The Balaban J connectivity index is 1.04. The zero-order valence-corrected chi connectivity index (χ0v) is 21.8. The van der Waals surface area contributed by atoms with E-state index in [1.807, 2.05) is 11.0 Å². The molecule has 4 aliphatic rings. The molecule has 8 nitrogen and oxygen atoms in total. The smallest absolute Gasteiger partial charge is 0.254 e. The maximum Gasteiger partial charge on any atom is 0.254 e. The third-order valence-corrected chi connectivity index (χ3v) is 8.94. The highest BCUT2D eigenvalue weighted by Crippen LogP contribution is 2.38. The van der Waals surface area contributed by atoms with Crippen LogP contribution in [0.2, 0.25) is 0 Å². The topological polar surface area (TPSA) is 93.2 Å². The molecule has 2 N–H and O–H groups in total. The number of rotatable bonds is 5. The van der Waals surface area contributed by atoms with Crippen LogP contribution in [0.1, 0.15) is 56.7 Å². The van der Waals surface area contributed by atoms with E-state index in [2.05, 4.69) is 34.5 Å². The van der Waals surface area contributed by atoms with Crippen LogP contribution in [0.15, 0.2) is 42.5 Å². The second-order valence-electron chi connectivity index (χ2n) is 11.5. The summed E-state index contributed by atoms with van der Waals surface area (Å²) in [6, 6.07) is 13.9. The lowest BCUT2D eigenvalue weighted by molar-refractivity contribution is -0.119. The number of carbonyl (C=O) groups excluding carboxylic acids is 3. The summed E-state index contributed by atoms with van der Waals surface area (Å²) in [4.78, 5) is 44.0. The van der Waals surface area contributed by atoms with Gasteiger partial charge >= 0.3 is 0 Å². The van der Waals surface area contributed by atoms with E-state index in [-0.39, 0.29) is 23.1 Å². The van der Waals surface area contributed by atoms with Crippen LogP contribution in [0.3, 0.4) is 0 Å². The van der Waals surface area contributed by atoms with E-state index in [1.165, 1.54) is 11.1 Å². The Morgan fingerprint density at radius 2 is 1.71 bits per heavy atom. The Bertz CT molecular complexity index is 1250. The number of aliphatic hydroxyl groups is 1. The maximum atomic E-state index is 13.2. The van der Waals surface area contributed by atoms with Crippen molar-refractivity contribution in [1.82, 2.24) is 20.0 Å². The Labute approximate surface area is 223 Å². The molecule has 2 fully saturated rings. The van der Waals surface area contributed by atoms with Gasteiger partial charge in [0, 0.05) is 69.9 Å². The largest absolute Gasteiger partial charge is 0.390 e. The quantitative estimate of drug-likeness (QED) is 0.633. The molecule has 3 amide bonds. The third kappa shape index (κ3) is 4.95. The standard InChI is InChI=1S/C30H36N4O4/c35-25(18-32-11-7-21-3-1-2-4-24(21)17-32)19-34-12-8-22-15-23(5-6-26(22)29(34)38)28(37)33-13-9-30(10-14-33)16-27(36)31-20-30/h1-6,15,25,35H,7-14,16-20H2,(H,31,36). The number of nitrogens with one attached hydrogen (secondary N) is 1. The zero-order valence-electron chi connectivity index (χ0n) is 21.8. The van der Waals surface area contributed by atoms with Gasteiger partial charge < -0.3 is 20.2 Å². The first-order chi connectivity index (χ1) is 18.4. The number of hydrogen-bond acceptors (Lipinski definition) is 5. The molecule has 1 unspecified atom stereocenters. The normalized spacial score (nSPS) is 21.7. The minimum atomic E-state index is -0.612. The fourth-order valence-corrected chi connectivity index (χ4v) is 6.64.